The second-order valence-corrected chi connectivity index (χ2v) is 2.47. The van der Waals surface area contributed by atoms with E-state index >= 15 is 0 Å². The fourth-order valence-corrected chi connectivity index (χ4v) is 0.765. The van der Waals surface area contributed by atoms with E-state index in [4.69, 9.17) is 4.74 Å². The first-order valence-corrected chi connectivity index (χ1v) is 3.72. The van der Waals surface area contributed by atoms with Gasteiger partial charge < -0.3 is 4.74 Å². The Hall–Kier alpha value is -0.0400. The number of hydrogen-bond donors (Lipinski definition) is 0. The first kappa shape index (κ1) is 8.96. The maximum Gasteiger partial charge on any atom is 0.0704 e. The summed E-state index contributed by atoms with van der Waals surface area (Å²) >= 11 is 0. The van der Waals surface area contributed by atoms with Gasteiger partial charge in [0.1, 0.15) is 0 Å². The van der Waals surface area contributed by atoms with Crippen molar-refractivity contribution in [3.05, 3.63) is 7.11 Å². The maximum absolute atomic E-state index is 4.85. The number of hydrogen-bond acceptors (Lipinski definition) is 1. The molecule has 1 unspecified atom stereocenters. The topological polar surface area (TPSA) is 9.23 Å². The molecule has 0 aromatic heterocycles. The monoisotopic (exact) mass is 129 g/mol. The van der Waals surface area contributed by atoms with E-state index in [1.54, 1.807) is 0 Å². The summed E-state index contributed by atoms with van der Waals surface area (Å²) in [5.41, 5.74) is 0. The predicted molar refractivity (Wildman–Crippen MR) is 40.0 cm³/mol. The van der Waals surface area contributed by atoms with Crippen molar-refractivity contribution in [1.29, 1.82) is 0 Å². The van der Waals surface area contributed by atoms with E-state index in [9.17, 15) is 0 Å². The van der Waals surface area contributed by atoms with E-state index in [1.807, 2.05) is 0 Å². The fraction of sp³-hybridized carbons (Fsp3) is 0.875. The zero-order valence-corrected chi connectivity index (χ0v) is 6.52. The lowest BCUT2D eigenvalue weighted by atomic mass is 10.1. The zero-order valence-electron chi connectivity index (χ0n) is 6.52. The lowest BCUT2D eigenvalue weighted by Gasteiger charge is -2.06. The molecule has 1 nitrogen and oxygen atoms in total. The van der Waals surface area contributed by atoms with Crippen molar-refractivity contribution in [3.8, 4) is 0 Å². The molecule has 0 spiro atoms. The van der Waals surface area contributed by atoms with Crippen molar-refractivity contribution < 1.29 is 4.74 Å². The second-order valence-electron chi connectivity index (χ2n) is 2.47. The molecule has 0 saturated heterocycles. The molecule has 0 fully saturated rings. The van der Waals surface area contributed by atoms with E-state index in [0.29, 0.717) is 6.10 Å². The number of unbranched alkanes of at least 4 members (excludes halogenated alkanes) is 2. The molecular formula is C8H17O. The van der Waals surface area contributed by atoms with Crippen LogP contribution in [0, 0.1) is 7.11 Å². The van der Waals surface area contributed by atoms with Crippen molar-refractivity contribution >= 4 is 0 Å². The minimum absolute atomic E-state index is 0.344. The summed E-state index contributed by atoms with van der Waals surface area (Å²) in [5.74, 6) is 0. The van der Waals surface area contributed by atoms with Crippen LogP contribution < -0.4 is 0 Å². The van der Waals surface area contributed by atoms with Crippen LogP contribution in [0.1, 0.15) is 39.5 Å². The highest BCUT2D eigenvalue weighted by molar-refractivity contribution is 4.49. The van der Waals surface area contributed by atoms with Crippen LogP contribution in [-0.2, 0) is 4.74 Å². The fourth-order valence-electron chi connectivity index (χ4n) is 0.765. The zero-order chi connectivity index (χ0) is 7.11. The van der Waals surface area contributed by atoms with Gasteiger partial charge in [-0.2, -0.15) is 0 Å². The molecule has 0 aliphatic carbocycles. The van der Waals surface area contributed by atoms with Gasteiger partial charge in [0.25, 0.3) is 0 Å². The molecule has 0 bridgehead atoms. The average Bonchev–Trinajstić information content (AvgIpc) is 1.89. The Balaban J connectivity index is 2.88. The average molecular weight is 129 g/mol. The lowest BCUT2D eigenvalue weighted by molar-refractivity contribution is 0.143. The van der Waals surface area contributed by atoms with Gasteiger partial charge in [-0.25, -0.2) is 0 Å². The molecule has 9 heavy (non-hydrogen) atoms. The summed E-state index contributed by atoms with van der Waals surface area (Å²) < 4.78 is 4.85. The summed E-state index contributed by atoms with van der Waals surface area (Å²) in [5, 5.41) is 0. The third-order valence-corrected chi connectivity index (χ3v) is 1.50. The van der Waals surface area contributed by atoms with Crippen LogP contribution in [0.3, 0.4) is 0 Å². The normalized spacial score (nSPS) is 13.7. The van der Waals surface area contributed by atoms with Crippen molar-refractivity contribution in [1.82, 2.24) is 0 Å². The molecule has 0 N–H and O–H groups in total. The van der Waals surface area contributed by atoms with Gasteiger partial charge in [0.15, 0.2) is 0 Å². The molecule has 0 rings (SSSR count). The lowest BCUT2D eigenvalue weighted by Crippen LogP contribution is -2.01. The summed E-state index contributed by atoms with van der Waals surface area (Å²) in [6.45, 7) is 4.26. The van der Waals surface area contributed by atoms with Crippen LogP contribution in [0.15, 0.2) is 0 Å². The number of ether oxygens (including phenoxy) is 1. The molecule has 0 aliphatic rings. The van der Waals surface area contributed by atoms with Crippen LogP contribution in [0.2, 0.25) is 0 Å². The van der Waals surface area contributed by atoms with Gasteiger partial charge in [-0.05, 0) is 13.3 Å². The van der Waals surface area contributed by atoms with E-state index in [1.165, 1.54) is 19.3 Å². The Kier molecular flexibility index (Phi) is 6.06. The summed E-state index contributed by atoms with van der Waals surface area (Å²) in [4.78, 5) is 0. The molecule has 1 atom stereocenters. The second kappa shape index (κ2) is 6.09. The Morgan fingerprint density at radius 1 is 1.44 bits per heavy atom. The SMILES string of the molecule is [CH2]OC(C)CCCCC. The highest BCUT2D eigenvalue weighted by Crippen LogP contribution is 2.04. The van der Waals surface area contributed by atoms with Crippen LogP contribution in [0.5, 0.6) is 0 Å². The van der Waals surface area contributed by atoms with Gasteiger partial charge in [0.05, 0.1) is 13.2 Å². The minimum Gasteiger partial charge on any atom is -0.376 e. The summed E-state index contributed by atoms with van der Waals surface area (Å²) in [6.07, 6.45) is 5.36. The van der Waals surface area contributed by atoms with Gasteiger partial charge in [0, 0.05) is 0 Å². The number of rotatable bonds is 5. The third-order valence-electron chi connectivity index (χ3n) is 1.50. The molecule has 0 aromatic carbocycles. The van der Waals surface area contributed by atoms with Crippen molar-refractivity contribution in [2.24, 2.45) is 0 Å². The molecular weight excluding hydrogens is 112 g/mol. The largest absolute Gasteiger partial charge is 0.376 e. The van der Waals surface area contributed by atoms with Gasteiger partial charge in [0.2, 0.25) is 0 Å². The van der Waals surface area contributed by atoms with Gasteiger partial charge >= 0.3 is 0 Å². The third kappa shape index (κ3) is 5.84. The van der Waals surface area contributed by atoms with Crippen LogP contribution in [-0.4, -0.2) is 6.10 Å². The molecule has 1 heteroatoms. The van der Waals surface area contributed by atoms with Crippen molar-refractivity contribution in [2.45, 2.75) is 45.6 Å². The Labute approximate surface area is 58.4 Å². The first-order valence-electron chi connectivity index (χ1n) is 3.72. The van der Waals surface area contributed by atoms with Gasteiger partial charge in [-0.3, -0.25) is 0 Å². The van der Waals surface area contributed by atoms with Gasteiger partial charge in [-0.1, -0.05) is 26.2 Å². The Bertz CT molecular complexity index is 52.5. The van der Waals surface area contributed by atoms with Crippen molar-refractivity contribution in [2.75, 3.05) is 0 Å². The van der Waals surface area contributed by atoms with Crippen LogP contribution >= 0.6 is 0 Å². The van der Waals surface area contributed by atoms with Crippen LogP contribution in [0.4, 0.5) is 0 Å². The smallest absolute Gasteiger partial charge is 0.0704 e. The molecule has 0 amide bonds. The molecule has 0 aliphatic heterocycles. The first-order chi connectivity index (χ1) is 4.31. The highest BCUT2D eigenvalue weighted by Gasteiger charge is 1.96. The van der Waals surface area contributed by atoms with E-state index in [2.05, 4.69) is 21.0 Å². The van der Waals surface area contributed by atoms with E-state index in [0.717, 1.165) is 6.42 Å². The molecule has 55 valence electrons. The molecule has 0 aromatic rings. The quantitative estimate of drug-likeness (QED) is 0.519. The molecule has 0 heterocycles. The Morgan fingerprint density at radius 2 is 2.11 bits per heavy atom. The molecule has 1 radical (unpaired) electrons. The molecule has 0 saturated carbocycles. The predicted octanol–water partition coefficient (Wildman–Crippen LogP) is 2.76. The van der Waals surface area contributed by atoms with E-state index in [-0.39, 0.29) is 0 Å². The highest BCUT2D eigenvalue weighted by atomic mass is 16.5. The van der Waals surface area contributed by atoms with E-state index < -0.39 is 0 Å². The Morgan fingerprint density at radius 3 is 2.56 bits per heavy atom. The summed E-state index contributed by atoms with van der Waals surface area (Å²) in [6, 6.07) is 0. The van der Waals surface area contributed by atoms with Crippen LogP contribution in [0.25, 0.3) is 0 Å². The summed E-state index contributed by atoms with van der Waals surface area (Å²) in [7, 11) is 3.36. The van der Waals surface area contributed by atoms with Crippen molar-refractivity contribution in [3.63, 3.8) is 0 Å². The standard InChI is InChI=1S/C8H17O/c1-4-5-6-7-8(2)9-3/h8H,3-7H2,1-2H3. The maximum atomic E-state index is 4.85. The minimum atomic E-state index is 0.344. The van der Waals surface area contributed by atoms with Gasteiger partial charge in [-0.15, -0.1) is 0 Å².